The van der Waals surface area contributed by atoms with Crippen LogP contribution in [0, 0.1) is 0 Å². The molecule has 2 N–H and O–H groups in total. The zero-order chi connectivity index (χ0) is 5.41. The minimum absolute atomic E-state index is 0. The molecule has 0 saturated heterocycles. The Labute approximate surface area is 167 Å². The van der Waals surface area contributed by atoms with Gasteiger partial charge >= 0.3 is 160 Å². The molecule has 6 nitrogen and oxygen atoms in total. The zero-order valence-corrected chi connectivity index (χ0v) is 14.7. The van der Waals surface area contributed by atoms with E-state index in [1.54, 1.807) is 0 Å². The summed E-state index contributed by atoms with van der Waals surface area (Å²) in [6, 6.07) is 0. The van der Waals surface area contributed by atoms with Crippen LogP contribution in [-0.2, 0) is 18.6 Å². The molecule has 0 aromatic rings. The predicted molar refractivity (Wildman–Crippen MR) is 36.0 cm³/mol. The van der Waals surface area contributed by atoms with E-state index < -0.39 is 31.0 Å². The molecule has 0 rings (SSSR count). The maximum atomic E-state index is 8.57. The second-order valence-electron chi connectivity index (χ2n) is 0.211. The Morgan fingerprint density at radius 3 is 0.727 bits per heavy atom. The van der Waals surface area contributed by atoms with Gasteiger partial charge in [0.25, 0.3) is 0 Å². The SMILES string of the molecule is [Ca+2].[Ca+2].[Ca+2].[O-2].[O-2].[O]=[Al][OH].[O]=[Al][OH]. The van der Waals surface area contributed by atoms with Crippen molar-refractivity contribution in [2.75, 3.05) is 0 Å². The van der Waals surface area contributed by atoms with Crippen LogP contribution in [-0.4, -0.2) is 153 Å². The fourth-order valence-electron chi connectivity index (χ4n) is 0. The van der Waals surface area contributed by atoms with E-state index in [9.17, 15) is 0 Å². The summed E-state index contributed by atoms with van der Waals surface area (Å²) in [5, 5.41) is 0. The third-order valence-corrected chi connectivity index (χ3v) is 0. The topological polar surface area (TPSA) is 132 Å². The van der Waals surface area contributed by atoms with Crippen molar-refractivity contribution in [3.05, 3.63) is 0 Å². The minimum atomic E-state index is -1.50. The van der Waals surface area contributed by atoms with Crippen LogP contribution >= 0.6 is 0 Å². The quantitative estimate of drug-likeness (QED) is 0.443. The molecule has 0 aromatic heterocycles. The Balaban J connectivity index is -0.00000000400. The molecule has 11 heteroatoms. The Kier molecular flexibility index (Phi) is 276. The maximum absolute atomic E-state index is 8.57. The zero-order valence-electron chi connectivity index (χ0n) is 5.80. The van der Waals surface area contributed by atoms with E-state index in [4.69, 9.17) is 15.9 Å². The summed E-state index contributed by atoms with van der Waals surface area (Å²) >= 11 is -3.00. The van der Waals surface area contributed by atoms with Crippen LogP contribution in [0.5, 0.6) is 0 Å². The summed E-state index contributed by atoms with van der Waals surface area (Å²) in [5.41, 5.74) is 0. The van der Waals surface area contributed by atoms with E-state index in [1.807, 2.05) is 0 Å². The molecule has 0 radical (unpaired) electrons. The fraction of sp³-hybridized carbons (Fsp3) is 0. The van der Waals surface area contributed by atoms with E-state index in [1.165, 1.54) is 0 Å². The van der Waals surface area contributed by atoms with E-state index in [2.05, 4.69) is 0 Å². The molecular weight excluding hydrogens is 270 g/mol. The van der Waals surface area contributed by atoms with Crippen LogP contribution in [0.15, 0.2) is 0 Å². The number of rotatable bonds is 0. The van der Waals surface area contributed by atoms with Gasteiger partial charge in [-0.3, -0.25) is 0 Å². The summed E-state index contributed by atoms with van der Waals surface area (Å²) in [5.74, 6) is 0. The van der Waals surface area contributed by atoms with Gasteiger partial charge in [-0.1, -0.05) is 0 Å². The van der Waals surface area contributed by atoms with Crippen molar-refractivity contribution in [1.82, 2.24) is 0 Å². The molecule has 0 saturated carbocycles. The van der Waals surface area contributed by atoms with Crippen LogP contribution < -0.4 is 0 Å². The van der Waals surface area contributed by atoms with Crippen molar-refractivity contribution in [2.24, 2.45) is 0 Å². The average molecular weight is 272 g/mol. The number of hydrogen-bond acceptors (Lipinski definition) is 2. The Hall–Kier alpha value is 3.96. The van der Waals surface area contributed by atoms with Gasteiger partial charge in [-0.15, -0.1) is 0 Å². The van der Waals surface area contributed by atoms with Gasteiger partial charge in [0, 0.05) is 0 Å². The molecule has 0 bridgehead atoms. The van der Waals surface area contributed by atoms with Gasteiger partial charge in [0.1, 0.15) is 0 Å². The van der Waals surface area contributed by atoms with Crippen molar-refractivity contribution >= 4 is 144 Å². The van der Waals surface area contributed by atoms with Gasteiger partial charge in [-0.2, -0.15) is 0 Å². The van der Waals surface area contributed by atoms with Gasteiger partial charge in [0.05, 0.1) is 0 Å². The number of hydrogen-bond donors (Lipinski definition) is 2. The van der Waals surface area contributed by atoms with E-state index in [0.29, 0.717) is 0 Å². The Morgan fingerprint density at radius 2 is 0.727 bits per heavy atom. The first-order valence-electron chi connectivity index (χ1n) is 0.988. The molecule has 0 atom stereocenters. The second-order valence-corrected chi connectivity index (χ2v) is 0.632. The predicted octanol–water partition coefficient (Wildman–Crippen LogP) is -3.49. The molecule has 0 aromatic carbocycles. The van der Waals surface area contributed by atoms with Gasteiger partial charge in [-0.05, 0) is 0 Å². The van der Waals surface area contributed by atoms with E-state index in [0.717, 1.165) is 0 Å². The van der Waals surface area contributed by atoms with Crippen LogP contribution in [0.4, 0.5) is 0 Å². The van der Waals surface area contributed by atoms with Crippen molar-refractivity contribution < 1.29 is 26.9 Å². The van der Waals surface area contributed by atoms with E-state index >= 15 is 0 Å². The molecule has 0 amide bonds. The van der Waals surface area contributed by atoms with Crippen LogP contribution in [0.2, 0.25) is 0 Å². The molecular formula is H2Al2Ca3O6+2. The molecule has 0 unspecified atom stereocenters. The summed E-state index contributed by atoms with van der Waals surface area (Å²) in [4.78, 5) is 0. The monoisotopic (exact) mass is 272 g/mol. The second kappa shape index (κ2) is 66.0. The standard InChI is InChI=1S/2Al.3Ca.2H2O.4O/h;;;;;2*1H2;;;;/q2*+1;3*+2;;;;;2*-2/p-2. The average Bonchev–Trinajstić information content (AvgIpc) is 1.39. The van der Waals surface area contributed by atoms with E-state index in [-0.39, 0.29) is 124 Å². The molecule has 11 heavy (non-hydrogen) atoms. The first-order valence-corrected chi connectivity index (χ1v) is 2.96. The van der Waals surface area contributed by atoms with Crippen LogP contribution in [0.25, 0.3) is 0 Å². The molecule has 0 aliphatic carbocycles. The third-order valence-electron chi connectivity index (χ3n) is 0. The fourth-order valence-corrected chi connectivity index (χ4v) is 0. The summed E-state index contributed by atoms with van der Waals surface area (Å²) < 4.78 is 31.3. The van der Waals surface area contributed by atoms with Gasteiger partial charge in [0.15, 0.2) is 0 Å². The Morgan fingerprint density at radius 1 is 0.727 bits per heavy atom. The summed E-state index contributed by atoms with van der Waals surface area (Å²) in [7, 11) is 0. The van der Waals surface area contributed by atoms with Crippen molar-refractivity contribution in [3.63, 3.8) is 0 Å². The summed E-state index contributed by atoms with van der Waals surface area (Å²) in [6.07, 6.45) is 0. The van der Waals surface area contributed by atoms with Gasteiger partial charge in [-0.25, -0.2) is 0 Å². The molecule has 0 heterocycles. The van der Waals surface area contributed by atoms with Gasteiger partial charge in [0.2, 0.25) is 0 Å². The van der Waals surface area contributed by atoms with Gasteiger partial charge < -0.3 is 11.0 Å². The molecule has 48 valence electrons. The molecule has 0 spiro atoms. The van der Waals surface area contributed by atoms with Crippen LogP contribution in [0.3, 0.4) is 0 Å². The molecule has 0 fully saturated rings. The van der Waals surface area contributed by atoms with Crippen LogP contribution in [0.1, 0.15) is 0 Å². The van der Waals surface area contributed by atoms with Crippen molar-refractivity contribution in [1.29, 1.82) is 0 Å². The summed E-state index contributed by atoms with van der Waals surface area (Å²) in [6.45, 7) is 0. The third kappa shape index (κ3) is 127. The normalized spacial score (nSPS) is 1.45. The molecule has 0 aliphatic heterocycles. The molecule has 0 aliphatic rings. The first-order chi connectivity index (χ1) is 2.83. The van der Waals surface area contributed by atoms with Crippen molar-refractivity contribution in [2.45, 2.75) is 0 Å². The Bertz CT molecular complexity index is 36.8. The van der Waals surface area contributed by atoms with Crippen molar-refractivity contribution in [3.8, 4) is 0 Å². The first kappa shape index (κ1) is 46.0.